The number of aliphatic imine (C=N–C) groups is 1. The van der Waals surface area contributed by atoms with E-state index in [1.165, 1.54) is 0 Å². The van der Waals surface area contributed by atoms with Crippen molar-refractivity contribution in [2.45, 2.75) is 0 Å². The van der Waals surface area contributed by atoms with Crippen LogP contribution < -0.4 is 0 Å². The molecule has 0 N–H and O–H groups in total. The Labute approximate surface area is 135 Å². The average molecular weight is 363 g/mol. The Balaban J connectivity index is 2.00. The van der Waals surface area contributed by atoms with Crippen LogP contribution in [0.5, 0.6) is 0 Å². The Morgan fingerprint density at radius 3 is 2.57 bits per heavy atom. The first-order valence-electron chi connectivity index (χ1n) is 6.17. The second-order valence-electron chi connectivity index (χ2n) is 4.34. The molecule has 0 aromatic heterocycles. The first kappa shape index (κ1) is 14.0. The summed E-state index contributed by atoms with van der Waals surface area (Å²) in [6, 6.07) is 14.7. The molecule has 2 aromatic carbocycles. The minimum atomic E-state index is -0.485. The van der Waals surface area contributed by atoms with Crippen molar-refractivity contribution in [3.8, 4) is 0 Å². The molecule has 0 spiro atoms. The lowest BCUT2D eigenvalue weighted by atomic mass is 10.2. The molecule has 104 valence electrons. The molecule has 3 nitrogen and oxygen atoms in total. The average Bonchev–Trinajstić information content (AvgIpc) is 2.83. The molecule has 0 radical (unpaired) electrons. The van der Waals surface area contributed by atoms with E-state index in [1.807, 2.05) is 30.3 Å². The summed E-state index contributed by atoms with van der Waals surface area (Å²) in [7, 11) is 0. The molecule has 0 bridgehead atoms. The van der Waals surface area contributed by atoms with Crippen LogP contribution in [0.3, 0.4) is 0 Å². The van der Waals surface area contributed by atoms with Crippen LogP contribution in [-0.2, 0) is 9.53 Å². The molecule has 0 saturated carbocycles. The predicted molar refractivity (Wildman–Crippen MR) is 86.2 cm³/mol. The van der Waals surface area contributed by atoms with Crippen molar-refractivity contribution in [2.24, 2.45) is 4.99 Å². The largest absolute Gasteiger partial charge is 0.402 e. The van der Waals surface area contributed by atoms with E-state index in [0.717, 1.165) is 10.0 Å². The fraction of sp³-hybridized carbons (Fsp3) is 0. The predicted octanol–water partition coefficient (Wildman–Crippen LogP) is 4.45. The van der Waals surface area contributed by atoms with Gasteiger partial charge in [0, 0.05) is 4.47 Å². The molecule has 1 heterocycles. The lowest BCUT2D eigenvalue weighted by Gasteiger charge is -2.00. The standard InChI is InChI=1S/C16H9BrClNO2/c17-12-7-3-1-5-10(12)9-14-16(20)21-15(19-14)11-6-2-4-8-13(11)18/h1-9H. The van der Waals surface area contributed by atoms with Crippen LogP contribution in [0.1, 0.15) is 11.1 Å². The summed E-state index contributed by atoms with van der Waals surface area (Å²) in [5.41, 5.74) is 1.70. The maximum atomic E-state index is 11.9. The van der Waals surface area contributed by atoms with Crippen molar-refractivity contribution >= 4 is 45.5 Å². The van der Waals surface area contributed by atoms with E-state index in [4.69, 9.17) is 16.3 Å². The van der Waals surface area contributed by atoms with Gasteiger partial charge in [-0.1, -0.05) is 57.9 Å². The topological polar surface area (TPSA) is 38.7 Å². The zero-order valence-corrected chi connectivity index (χ0v) is 13.1. The van der Waals surface area contributed by atoms with Crippen LogP contribution in [0.4, 0.5) is 0 Å². The van der Waals surface area contributed by atoms with Gasteiger partial charge in [-0.15, -0.1) is 0 Å². The molecule has 0 unspecified atom stereocenters. The third-order valence-corrected chi connectivity index (χ3v) is 3.97. The molecule has 5 heteroatoms. The summed E-state index contributed by atoms with van der Waals surface area (Å²) in [5.74, 6) is -0.260. The number of hydrogen-bond donors (Lipinski definition) is 0. The number of esters is 1. The van der Waals surface area contributed by atoms with E-state index in [2.05, 4.69) is 20.9 Å². The Morgan fingerprint density at radius 2 is 1.81 bits per heavy atom. The number of benzene rings is 2. The van der Waals surface area contributed by atoms with Gasteiger partial charge in [-0.3, -0.25) is 0 Å². The molecule has 21 heavy (non-hydrogen) atoms. The monoisotopic (exact) mass is 361 g/mol. The molecule has 0 amide bonds. The lowest BCUT2D eigenvalue weighted by Crippen LogP contribution is -2.05. The van der Waals surface area contributed by atoms with Gasteiger partial charge in [0.05, 0.1) is 10.6 Å². The number of carbonyl (C=O) groups is 1. The third kappa shape index (κ3) is 2.91. The number of carbonyl (C=O) groups excluding carboxylic acids is 1. The first-order valence-corrected chi connectivity index (χ1v) is 7.34. The van der Waals surface area contributed by atoms with Crippen molar-refractivity contribution in [3.05, 3.63) is 74.9 Å². The Morgan fingerprint density at radius 1 is 1.10 bits per heavy atom. The van der Waals surface area contributed by atoms with E-state index in [9.17, 15) is 4.79 Å². The minimum Gasteiger partial charge on any atom is -0.402 e. The minimum absolute atomic E-state index is 0.226. The van der Waals surface area contributed by atoms with Crippen molar-refractivity contribution < 1.29 is 9.53 Å². The first-order chi connectivity index (χ1) is 10.1. The molecule has 1 aliphatic rings. The van der Waals surface area contributed by atoms with Crippen LogP contribution in [0.15, 0.2) is 63.7 Å². The van der Waals surface area contributed by atoms with Gasteiger partial charge in [0.1, 0.15) is 0 Å². The molecule has 1 aliphatic heterocycles. The van der Waals surface area contributed by atoms with Crippen molar-refractivity contribution in [2.75, 3.05) is 0 Å². The van der Waals surface area contributed by atoms with E-state index in [1.54, 1.807) is 24.3 Å². The normalized spacial score (nSPS) is 16.0. The summed E-state index contributed by atoms with van der Waals surface area (Å²) >= 11 is 9.51. The summed E-state index contributed by atoms with van der Waals surface area (Å²) in [5, 5.41) is 0.492. The number of ether oxygens (including phenoxy) is 1. The van der Waals surface area contributed by atoms with Crippen molar-refractivity contribution in [1.29, 1.82) is 0 Å². The van der Waals surface area contributed by atoms with Gasteiger partial charge in [-0.2, -0.15) is 0 Å². The van der Waals surface area contributed by atoms with Crippen molar-refractivity contribution in [1.82, 2.24) is 0 Å². The number of halogens is 2. The summed E-state index contributed by atoms with van der Waals surface area (Å²) in [6.45, 7) is 0. The van der Waals surface area contributed by atoms with Gasteiger partial charge in [0.25, 0.3) is 0 Å². The highest BCUT2D eigenvalue weighted by Crippen LogP contribution is 2.25. The molecule has 0 fully saturated rings. The van der Waals surface area contributed by atoms with Crippen LogP contribution in [0.25, 0.3) is 6.08 Å². The molecule has 0 saturated heterocycles. The summed E-state index contributed by atoms with van der Waals surface area (Å²) in [4.78, 5) is 16.2. The van der Waals surface area contributed by atoms with E-state index in [0.29, 0.717) is 10.6 Å². The fourth-order valence-corrected chi connectivity index (χ4v) is 2.51. The van der Waals surface area contributed by atoms with E-state index < -0.39 is 5.97 Å². The smallest absolute Gasteiger partial charge is 0.363 e. The van der Waals surface area contributed by atoms with Crippen molar-refractivity contribution in [3.63, 3.8) is 0 Å². The maximum Gasteiger partial charge on any atom is 0.363 e. The number of nitrogens with zero attached hydrogens (tertiary/aromatic N) is 1. The number of cyclic esters (lactones) is 1. The summed E-state index contributed by atoms with van der Waals surface area (Å²) in [6.07, 6.45) is 1.68. The highest BCUT2D eigenvalue weighted by molar-refractivity contribution is 9.10. The van der Waals surface area contributed by atoms with Crippen LogP contribution in [0.2, 0.25) is 5.02 Å². The Kier molecular flexibility index (Phi) is 3.90. The van der Waals surface area contributed by atoms with Gasteiger partial charge in [0.15, 0.2) is 5.70 Å². The van der Waals surface area contributed by atoms with Crippen LogP contribution in [0, 0.1) is 0 Å². The maximum absolute atomic E-state index is 11.9. The highest BCUT2D eigenvalue weighted by atomic mass is 79.9. The fourth-order valence-electron chi connectivity index (χ4n) is 1.90. The molecular weight excluding hydrogens is 354 g/mol. The quantitative estimate of drug-likeness (QED) is 0.585. The summed E-state index contributed by atoms with van der Waals surface area (Å²) < 4.78 is 6.08. The molecular formula is C16H9BrClNO2. The van der Waals surface area contributed by atoms with Gasteiger partial charge in [-0.05, 0) is 29.8 Å². The number of rotatable bonds is 2. The second-order valence-corrected chi connectivity index (χ2v) is 5.60. The zero-order chi connectivity index (χ0) is 14.8. The second kappa shape index (κ2) is 5.84. The Bertz CT molecular complexity index is 783. The SMILES string of the molecule is O=C1OC(c2ccccc2Cl)=NC1=Cc1ccccc1Br. The van der Waals surface area contributed by atoms with Gasteiger partial charge in [-0.25, -0.2) is 9.79 Å². The Hall–Kier alpha value is -1.91. The third-order valence-electron chi connectivity index (χ3n) is 2.92. The van der Waals surface area contributed by atoms with Crippen LogP contribution in [-0.4, -0.2) is 11.9 Å². The molecule has 0 atom stereocenters. The van der Waals surface area contributed by atoms with Crippen LogP contribution >= 0.6 is 27.5 Å². The lowest BCUT2D eigenvalue weighted by molar-refractivity contribution is -0.129. The van der Waals surface area contributed by atoms with E-state index >= 15 is 0 Å². The zero-order valence-electron chi connectivity index (χ0n) is 10.7. The molecule has 0 aliphatic carbocycles. The molecule has 2 aromatic rings. The van der Waals surface area contributed by atoms with Gasteiger partial charge >= 0.3 is 5.97 Å². The highest BCUT2D eigenvalue weighted by Gasteiger charge is 2.25. The van der Waals surface area contributed by atoms with Gasteiger partial charge in [0.2, 0.25) is 5.90 Å². The number of hydrogen-bond acceptors (Lipinski definition) is 3. The molecule has 3 rings (SSSR count). The van der Waals surface area contributed by atoms with E-state index in [-0.39, 0.29) is 11.6 Å². The van der Waals surface area contributed by atoms with Gasteiger partial charge < -0.3 is 4.74 Å².